The minimum absolute atomic E-state index is 0.0354. The molecule has 1 heterocycles. The van der Waals surface area contributed by atoms with Crippen LogP contribution in [-0.2, 0) is 11.3 Å². The van der Waals surface area contributed by atoms with Crippen molar-refractivity contribution < 1.29 is 28.5 Å². The smallest absolute Gasteiger partial charge is 0.222 e. The summed E-state index contributed by atoms with van der Waals surface area (Å²) in [6.45, 7) is 5.96. The Morgan fingerprint density at radius 3 is 2.65 bits per heavy atom. The molecule has 0 bridgehead atoms. The summed E-state index contributed by atoms with van der Waals surface area (Å²) in [5.74, 6) is 2.53. The summed E-state index contributed by atoms with van der Waals surface area (Å²) in [4.78, 5) is 26.0. The fourth-order valence-corrected chi connectivity index (χ4v) is 3.41. The number of methoxy groups -OCH3 is 1. The molecule has 31 heavy (non-hydrogen) atoms. The summed E-state index contributed by atoms with van der Waals surface area (Å²) in [7, 11) is 1.53. The standard InChI is InChI=1S/C24H29NO6/c1-4-25(16-19-7-5-8-21-24(19)31-14-13-30-21)23(27)9-6-12-29-20-11-10-18(17(2)26)15-22(20)28-3/h5,7-8,10-11,15H,4,6,9,12-14,16H2,1-3H3. The summed E-state index contributed by atoms with van der Waals surface area (Å²) in [6.07, 6.45) is 0.938. The predicted octanol–water partition coefficient (Wildman–Crippen LogP) is 3.88. The quantitative estimate of drug-likeness (QED) is 0.423. The Bertz CT molecular complexity index is 926. The van der Waals surface area contributed by atoms with Gasteiger partial charge in [0.2, 0.25) is 5.91 Å². The topological polar surface area (TPSA) is 74.3 Å². The fraction of sp³-hybridized carbons (Fsp3) is 0.417. The van der Waals surface area contributed by atoms with Crippen molar-refractivity contribution in [2.24, 2.45) is 0 Å². The zero-order valence-electron chi connectivity index (χ0n) is 18.3. The monoisotopic (exact) mass is 427 g/mol. The highest BCUT2D eigenvalue weighted by Gasteiger charge is 2.19. The molecule has 0 saturated heterocycles. The number of fused-ring (bicyclic) bond motifs is 1. The van der Waals surface area contributed by atoms with Gasteiger partial charge in [-0.1, -0.05) is 12.1 Å². The van der Waals surface area contributed by atoms with E-state index in [1.807, 2.05) is 25.1 Å². The van der Waals surface area contributed by atoms with Gasteiger partial charge in [0.1, 0.15) is 13.2 Å². The third-order valence-corrected chi connectivity index (χ3v) is 5.11. The Hall–Kier alpha value is -3.22. The van der Waals surface area contributed by atoms with Crippen molar-refractivity contribution in [3.05, 3.63) is 47.5 Å². The lowest BCUT2D eigenvalue weighted by atomic mass is 10.1. The van der Waals surface area contributed by atoms with Crippen LogP contribution in [0.25, 0.3) is 0 Å². The van der Waals surface area contributed by atoms with Gasteiger partial charge in [-0.15, -0.1) is 0 Å². The van der Waals surface area contributed by atoms with E-state index >= 15 is 0 Å². The number of benzene rings is 2. The van der Waals surface area contributed by atoms with Crippen LogP contribution in [0.4, 0.5) is 0 Å². The van der Waals surface area contributed by atoms with Crippen molar-refractivity contribution in [1.82, 2.24) is 4.90 Å². The lowest BCUT2D eigenvalue weighted by Crippen LogP contribution is -2.31. The fourth-order valence-electron chi connectivity index (χ4n) is 3.41. The number of nitrogens with zero attached hydrogens (tertiary/aromatic N) is 1. The van der Waals surface area contributed by atoms with E-state index in [0.29, 0.717) is 62.8 Å². The van der Waals surface area contributed by atoms with Gasteiger partial charge in [-0.25, -0.2) is 0 Å². The van der Waals surface area contributed by atoms with E-state index in [0.717, 1.165) is 17.1 Å². The zero-order valence-corrected chi connectivity index (χ0v) is 18.3. The molecule has 166 valence electrons. The summed E-state index contributed by atoms with van der Waals surface area (Å²) < 4.78 is 22.5. The number of hydrogen-bond donors (Lipinski definition) is 0. The lowest BCUT2D eigenvalue weighted by molar-refractivity contribution is -0.131. The van der Waals surface area contributed by atoms with Gasteiger partial charge < -0.3 is 23.8 Å². The number of para-hydroxylation sites is 1. The normalized spacial score (nSPS) is 12.2. The Morgan fingerprint density at radius 2 is 1.90 bits per heavy atom. The number of ketones is 1. The average molecular weight is 427 g/mol. The molecule has 0 spiro atoms. The number of hydrogen-bond acceptors (Lipinski definition) is 6. The van der Waals surface area contributed by atoms with Gasteiger partial charge in [0, 0.05) is 30.6 Å². The maximum Gasteiger partial charge on any atom is 0.222 e. The predicted molar refractivity (Wildman–Crippen MR) is 116 cm³/mol. The highest BCUT2D eigenvalue weighted by atomic mass is 16.6. The van der Waals surface area contributed by atoms with Crippen LogP contribution in [0.3, 0.4) is 0 Å². The van der Waals surface area contributed by atoms with E-state index in [4.69, 9.17) is 18.9 Å². The second-order valence-corrected chi connectivity index (χ2v) is 7.22. The number of Topliss-reactive ketones (excluding diaryl/α,β-unsaturated/α-hetero) is 1. The van der Waals surface area contributed by atoms with Gasteiger partial charge in [0.25, 0.3) is 0 Å². The van der Waals surface area contributed by atoms with Crippen molar-refractivity contribution in [1.29, 1.82) is 0 Å². The molecule has 1 amide bonds. The second kappa shape index (κ2) is 10.7. The zero-order chi connectivity index (χ0) is 22.2. The van der Waals surface area contributed by atoms with Crippen LogP contribution in [0.2, 0.25) is 0 Å². The van der Waals surface area contributed by atoms with Crippen molar-refractivity contribution in [2.75, 3.05) is 33.5 Å². The molecule has 0 atom stereocenters. The lowest BCUT2D eigenvalue weighted by Gasteiger charge is -2.25. The summed E-state index contributed by atoms with van der Waals surface area (Å²) in [5.41, 5.74) is 1.51. The molecule has 2 aromatic rings. The molecule has 0 unspecified atom stereocenters. The van der Waals surface area contributed by atoms with Crippen molar-refractivity contribution in [2.45, 2.75) is 33.2 Å². The number of amides is 1. The van der Waals surface area contributed by atoms with Crippen LogP contribution in [0.1, 0.15) is 42.6 Å². The molecular weight excluding hydrogens is 398 g/mol. The van der Waals surface area contributed by atoms with E-state index in [-0.39, 0.29) is 11.7 Å². The first-order valence-electron chi connectivity index (χ1n) is 10.5. The Labute approximate surface area is 182 Å². The minimum Gasteiger partial charge on any atom is -0.493 e. The number of carbonyl (C=O) groups is 2. The van der Waals surface area contributed by atoms with Crippen molar-refractivity contribution >= 4 is 11.7 Å². The van der Waals surface area contributed by atoms with Crippen LogP contribution < -0.4 is 18.9 Å². The molecule has 3 rings (SSSR count). The first-order valence-corrected chi connectivity index (χ1v) is 10.5. The minimum atomic E-state index is -0.0354. The Balaban J connectivity index is 1.53. The molecule has 0 aliphatic carbocycles. The van der Waals surface area contributed by atoms with Crippen LogP contribution >= 0.6 is 0 Å². The first-order chi connectivity index (χ1) is 15.0. The number of rotatable bonds is 10. The highest BCUT2D eigenvalue weighted by molar-refractivity contribution is 5.94. The molecule has 0 fully saturated rings. The average Bonchev–Trinajstić information content (AvgIpc) is 2.80. The number of ether oxygens (including phenoxy) is 4. The van der Waals surface area contributed by atoms with Gasteiger partial charge in [0.15, 0.2) is 28.8 Å². The summed E-state index contributed by atoms with van der Waals surface area (Å²) in [5, 5.41) is 0. The molecule has 2 aromatic carbocycles. The largest absolute Gasteiger partial charge is 0.493 e. The van der Waals surface area contributed by atoms with Crippen LogP contribution in [0, 0.1) is 0 Å². The third-order valence-electron chi connectivity index (χ3n) is 5.11. The van der Waals surface area contributed by atoms with Gasteiger partial charge >= 0.3 is 0 Å². The molecule has 1 aliphatic heterocycles. The molecule has 0 aromatic heterocycles. The third kappa shape index (κ3) is 5.69. The van der Waals surface area contributed by atoms with E-state index in [1.54, 1.807) is 23.1 Å². The number of carbonyl (C=O) groups excluding carboxylic acids is 2. The Kier molecular flexibility index (Phi) is 7.76. The van der Waals surface area contributed by atoms with Crippen molar-refractivity contribution in [3.8, 4) is 23.0 Å². The molecule has 0 N–H and O–H groups in total. The van der Waals surface area contributed by atoms with Crippen LogP contribution in [0.15, 0.2) is 36.4 Å². The van der Waals surface area contributed by atoms with E-state index in [1.165, 1.54) is 14.0 Å². The molecule has 1 aliphatic rings. The van der Waals surface area contributed by atoms with Gasteiger partial charge in [0.05, 0.1) is 13.7 Å². The first kappa shape index (κ1) is 22.5. The van der Waals surface area contributed by atoms with Gasteiger partial charge in [-0.2, -0.15) is 0 Å². The highest BCUT2D eigenvalue weighted by Crippen LogP contribution is 2.34. The van der Waals surface area contributed by atoms with E-state index in [9.17, 15) is 9.59 Å². The molecule has 0 saturated carbocycles. The second-order valence-electron chi connectivity index (χ2n) is 7.22. The maximum atomic E-state index is 12.7. The molecular formula is C24H29NO6. The summed E-state index contributed by atoms with van der Waals surface area (Å²) in [6, 6.07) is 10.8. The molecule has 7 nitrogen and oxygen atoms in total. The van der Waals surface area contributed by atoms with E-state index in [2.05, 4.69) is 0 Å². The van der Waals surface area contributed by atoms with Gasteiger partial charge in [-0.3, -0.25) is 9.59 Å². The van der Waals surface area contributed by atoms with Crippen LogP contribution in [-0.4, -0.2) is 50.1 Å². The van der Waals surface area contributed by atoms with Crippen LogP contribution in [0.5, 0.6) is 23.0 Å². The van der Waals surface area contributed by atoms with Gasteiger partial charge in [-0.05, 0) is 44.5 Å². The summed E-state index contributed by atoms with van der Waals surface area (Å²) >= 11 is 0. The molecule has 7 heteroatoms. The van der Waals surface area contributed by atoms with E-state index < -0.39 is 0 Å². The Morgan fingerprint density at radius 1 is 1.10 bits per heavy atom. The molecule has 0 radical (unpaired) electrons. The maximum absolute atomic E-state index is 12.7. The van der Waals surface area contributed by atoms with Crippen molar-refractivity contribution in [3.63, 3.8) is 0 Å². The SMILES string of the molecule is CCN(Cc1cccc2c1OCCO2)C(=O)CCCOc1ccc(C(C)=O)cc1OC.